The smallest absolute Gasteiger partial charge is 0.870 e. The van der Waals surface area contributed by atoms with E-state index >= 15 is 0 Å². The molecule has 0 aliphatic carbocycles. The van der Waals surface area contributed by atoms with Crippen LogP contribution in [-0.2, 0) is 4.74 Å². The number of hydrogen-bond donors (Lipinski definition) is 2. The Morgan fingerprint density at radius 2 is 1.17 bits per heavy atom. The van der Waals surface area contributed by atoms with Crippen LogP contribution in [0.25, 0.3) is 32.8 Å². The summed E-state index contributed by atoms with van der Waals surface area (Å²) in [7, 11) is 1.00. The van der Waals surface area contributed by atoms with Crippen LogP contribution < -0.4 is 29.6 Å². The van der Waals surface area contributed by atoms with Crippen LogP contribution in [0.4, 0.5) is 0 Å². The molecule has 3 N–H and O–H groups in total. The summed E-state index contributed by atoms with van der Waals surface area (Å²) in [4.78, 5) is 31.8. The summed E-state index contributed by atoms with van der Waals surface area (Å²) in [6, 6.07) is 23.0. The number of aromatic nitrogens is 6. The number of aliphatic hydroxyl groups excluding tert-OH is 1. The molecule has 0 fully saturated rings. The van der Waals surface area contributed by atoms with Gasteiger partial charge in [-0.1, -0.05) is 60.7 Å². The van der Waals surface area contributed by atoms with Gasteiger partial charge in [0.2, 0.25) is 10.3 Å². The van der Waals surface area contributed by atoms with E-state index < -0.39 is 11.9 Å². The number of aryl methyl sites for hydroxylation is 2. The van der Waals surface area contributed by atoms with E-state index in [4.69, 9.17) is 14.9 Å². The molecule has 0 atom stereocenters. The van der Waals surface area contributed by atoms with Crippen LogP contribution in [0.5, 0.6) is 0 Å². The van der Waals surface area contributed by atoms with E-state index in [2.05, 4.69) is 20.2 Å². The largest absolute Gasteiger partial charge is 1.00 e. The Morgan fingerprint density at radius 1 is 0.761 bits per heavy atom. The Morgan fingerprint density at radius 3 is 1.57 bits per heavy atom. The zero-order valence-electron chi connectivity index (χ0n) is 25.9. The monoisotopic (exact) mass is 670 g/mol. The van der Waals surface area contributed by atoms with Gasteiger partial charge in [-0.2, -0.15) is 10.2 Å². The number of aromatic carboxylic acids is 1. The summed E-state index contributed by atoms with van der Waals surface area (Å²) in [5.74, 6) is -1.45. The zero-order valence-corrected chi connectivity index (χ0v) is 29.5. The molecule has 234 valence electrons. The van der Waals surface area contributed by atoms with E-state index in [-0.39, 0.29) is 40.7 Å². The van der Waals surface area contributed by atoms with Crippen LogP contribution in [0.1, 0.15) is 39.3 Å². The van der Waals surface area contributed by atoms with Gasteiger partial charge in [-0.05, 0) is 32.9 Å². The molecule has 6 rings (SSSR count). The summed E-state index contributed by atoms with van der Waals surface area (Å²) in [6.45, 7) is 5.80. The van der Waals surface area contributed by atoms with Crippen molar-refractivity contribution in [2.75, 3.05) is 13.7 Å². The number of carbonyl (C=O) groups excluding carboxylic acids is 1. The fourth-order valence-electron chi connectivity index (χ4n) is 3.95. The Balaban J connectivity index is 0.000000293. The Bertz CT molecular complexity index is 1840. The number of thiazole rings is 2. The number of hydrogen-bond acceptors (Lipinski definition) is 11. The fraction of sp³-hybridized carbons (Fsp3) is 0.161. The zero-order chi connectivity index (χ0) is 31.6. The molecule has 0 unspecified atom stereocenters. The van der Waals surface area contributed by atoms with E-state index in [0.29, 0.717) is 17.4 Å². The van der Waals surface area contributed by atoms with Gasteiger partial charge >= 0.3 is 41.5 Å². The molecule has 0 saturated carbocycles. The van der Waals surface area contributed by atoms with Gasteiger partial charge in [-0.25, -0.2) is 28.9 Å². The number of carbonyl (C=O) groups is 2. The minimum absolute atomic E-state index is 0. The molecule has 12 nitrogen and oxygen atoms in total. The normalized spacial score (nSPS) is 9.85. The number of ether oxygens (including phenoxy) is 1. The van der Waals surface area contributed by atoms with Gasteiger partial charge < -0.3 is 20.4 Å². The van der Waals surface area contributed by atoms with Crippen LogP contribution >= 0.6 is 22.7 Å². The molecule has 0 amide bonds. The summed E-state index contributed by atoms with van der Waals surface area (Å²) in [5.41, 5.74) is 5.76. The van der Waals surface area contributed by atoms with Crippen LogP contribution in [0.3, 0.4) is 0 Å². The molecule has 4 heterocycles. The first kappa shape index (κ1) is 38.2. The second-order valence-corrected chi connectivity index (χ2v) is 10.6. The van der Waals surface area contributed by atoms with Crippen LogP contribution in [0, 0.1) is 13.8 Å². The van der Waals surface area contributed by atoms with E-state index in [1.54, 1.807) is 22.4 Å². The maximum Gasteiger partial charge on any atom is 1.00 e. The van der Waals surface area contributed by atoms with E-state index in [1.165, 1.54) is 28.7 Å². The van der Waals surface area contributed by atoms with Gasteiger partial charge in [-0.3, -0.25) is 0 Å². The molecule has 0 saturated heterocycles. The van der Waals surface area contributed by atoms with Crippen LogP contribution in [0.2, 0.25) is 0 Å². The third-order valence-corrected chi connectivity index (χ3v) is 7.60. The number of aliphatic hydroxyl groups is 1. The summed E-state index contributed by atoms with van der Waals surface area (Å²) in [5, 5.41) is 29.6. The molecule has 4 aromatic heterocycles. The van der Waals surface area contributed by atoms with Crippen molar-refractivity contribution < 1.29 is 59.6 Å². The van der Waals surface area contributed by atoms with Crippen LogP contribution in [0.15, 0.2) is 83.6 Å². The van der Waals surface area contributed by atoms with Gasteiger partial charge in [0.1, 0.15) is 0 Å². The minimum atomic E-state index is -1.04. The number of carboxylic acid groups (broad SMARTS) is 1. The van der Waals surface area contributed by atoms with Gasteiger partial charge in [0, 0.05) is 40.4 Å². The second-order valence-electron chi connectivity index (χ2n) is 8.95. The van der Waals surface area contributed by atoms with Crippen molar-refractivity contribution in [3.8, 4) is 32.8 Å². The van der Waals surface area contributed by atoms with Crippen molar-refractivity contribution in [2.24, 2.45) is 0 Å². The van der Waals surface area contributed by atoms with Crippen molar-refractivity contribution in [3.05, 3.63) is 106 Å². The predicted molar refractivity (Wildman–Crippen MR) is 172 cm³/mol. The minimum Gasteiger partial charge on any atom is -0.870 e. The molecule has 6 aromatic rings. The topological polar surface area (TPSA) is 175 Å². The molecular weight excluding hydrogens is 640 g/mol. The summed E-state index contributed by atoms with van der Waals surface area (Å²) < 4.78 is 8.20. The average molecular weight is 671 g/mol. The Kier molecular flexibility index (Phi) is 15.1. The molecule has 0 spiro atoms. The average Bonchev–Trinajstić information content (AvgIpc) is 3.86. The predicted octanol–water partition coefficient (Wildman–Crippen LogP) is 2.92. The molecule has 0 bridgehead atoms. The Hall–Kier alpha value is -4.02. The van der Waals surface area contributed by atoms with Gasteiger partial charge in [0.15, 0.2) is 11.4 Å². The molecule has 0 aliphatic rings. The molecule has 2 aromatic carbocycles. The van der Waals surface area contributed by atoms with Crippen molar-refractivity contribution in [3.63, 3.8) is 0 Å². The first-order valence-electron chi connectivity index (χ1n) is 13.3. The van der Waals surface area contributed by atoms with Crippen molar-refractivity contribution >= 4 is 34.6 Å². The van der Waals surface area contributed by atoms with Crippen LogP contribution in [-0.4, -0.2) is 70.9 Å². The maximum absolute atomic E-state index is 11.8. The van der Waals surface area contributed by atoms with Crippen molar-refractivity contribution in [1.29, 1.82) is 0 Å². The molecule has 15 heteroatoms. The van der Waals surface area contributed by atoms with Gasteiger partial charge in [0.25, 0.3) is 0 Å². The van der Waals surface area contributed by atoms with Gasteiger partial charge in [-0.15, -0.1) is 22.7 Å². The maximum atomic E-state index is 11.8. The second kappa shape index (κ2) is 18.2. The third kappa shape index (κ3) is 9.26. The number of rotatable bonds is 7. The third-order valence-electron chi connectivity index (χ3n) is 5.96. The molecule has 46 heavy (non-hydrogen) atoms. The SMILES string of the molecule is CCOC(=O)c1cc(C)n(-c2nc(-c3ccccc3)cs2)n1.CO.Cc1cc(C(=O)O)nn1-c1nc(-c2ccccc2)cs1.[Na+].[OH-]. The summed E-state index contributed by atoms with van der Waals surface area (Å²) in [6.07, 6.45) is 0. The van der Waals surface area contributed by atoms with Gasteiger partial charge in [0.05, 0.1) is 18.0 Å². The number of benzene rings is 2. The van der Waals surface area contributed by atoms with Crippen molar-refractivity contribution in [1.82, 2.24) is 29.5 Å². The summed E-state index contributed by atoms with van der Waals surface area (Å²) >= 11 is 2.92. The van der Waals surface area contributed by atoms with E-state index in [9.17, 15) is 9.59 Å². The fourth-order valence-corrected chi connectivity index (χ4v) is 5.63. The molecular formula is C31H31N6NaO6S2. The Labute approximate surface area is 295 Å². The standard InChI is InChI=1S/C16H15N3O2S.C14H11N3O2S.CH4O.Na.H2O/c1-3-21-15(20)13-9-11(2)19(18-13)16-17-14(10-22-16)12-7-5-4-6-8-12;1-9-7-11(13(18)19)16-17(9)14-15-12(8-20-14)10-5-3-2-4-6-10;1-2;;/h4-10H,3H2,1-2H3;2-8H,1H3,(H,18,19);2H,1H3;;1H2/q;;;+1;/p-1. The quantitative estimate of drug-likeness (QED) is 0.190. The number of esters is 1. The number of nitrogens with zero attached hydrogens (tertiary/aromatic N) is 6. The van der Waals surface area contributed by atoms with E-state index in [1.807, 2.05) is 85.3 Å². The first-order chi connectivity index (χ1) is 21.3. The molecule has 0 aliphatic heterocycles. The number of carboxylic acids is 1. The molecule has 0 radical (unpaired) electrons. The van der Waals surface area contributed by atoms with E-state index in [0.717, 1.165) is 46.1 Å². The van der Waals surface area contributed by atoms with Crippen molar-refractivity contribution in [2.45, 2.75) is 20.8 Å². The first-order valence-corrected chi connectivity index (χ1v) is 15.1.